The third kappa shape index (κ3) is 3.90. The topological polar surface area (TPSA) is 58.4 Å². The van der Waals surface area contributed by atoms with E-state index in [1.807, 2.05) is 30.3 Å². The fraction of sp³-hybridized carbons (Fsp3) is 0.316. The molecular weight excluding hydrogens is 286 g/mol. The Hall–Kier alpha value is -2.33. The summed E-state index contributed by atoms with van der Waals surface area (Å²) in [6, 6.07) is 18.1. The number of nitrogens with one attached hydrogen (secondary N) is 1. The first-order valence-corrected chi connectivity index (χ1v) is 8.16. The number of carbonyl (C=O) groups excluding carboxylic acids is 1. The number of benzene rings is 2. The van der Waals surface area contributed by atoms with E-state index in [0.717, 1.165) is 31.5 Å². The van der Waals surface area contributed by atoms with Gasteiger partial charge in [0, 0.05) is 36.9 Å². The zero-order chi connectivity index (χ0) is 16.1. The van der Waals surface area contributed by atoms with Crippen LogP contribution >= 0.6 is 0 Å². The van der Waals surface area contributed by atoms with Crippen LogP contribution in [0.25, 0.3) is 0 Å². The summed E-state index contributed by atoms with van der Waals surface area (Å²) < 4.78 is 0. The number of piperidine rings is 1. The van der Waals surface area contributed by atoms with Crippen LogP contribution in [0.5, 0.6) is 0 Å². The van der Waals surface area contributed by atoms with Crippen LogP contribution in [0, 0.1) is 0 Å². The Labute approximate surface area is 137 Å². The summed E-state index contributed by atoms with van der Waals surface area (Å²) in [4.78, 5) is 14.7. The molecule has 3 rings (SSSR count). The summed E-state index contributed by atoms with van der Waals surface area (Å²) in [5, 5.41) is 3.16. The SMILES string of the molecule is NCc1ccc(C(=O)NC2CCCN(c3ccccc3)C2)cc1. The van der Waals surface area contributed by atoms with Gasteiger partial charge in [0.15, 0.2) is 0 Å². The molecule has 1 saturated heterocycles. The fourth-order valence-corrected chi connectivity index (χ4v) is 3.03. The highest BCUT2D eigenvalue weighted by atomic mass is 16.1. The summed E-state index contributed by atoms with van der Waals surface area (Å²) in [5.41, 5.74) is 8.54. The van der Waals surface area contributed by atoms with Crippen molar-refractivity contribution < 1.29 is 4.79 Å². The standard InChI is InChI=1S/C19H23N3O/c20-13-15-8-10-16(11-9-15)19(23)21-17-5-4-12-22(14-17)18-6-2-1-3-7-18/h1-3,6-11,17H,4-5,12-14,20H2,(H,21,23). The molecule has 23 heavy (non-hydrogen) atoms. The summed E-state index contributed by atoms with van der Waals surface area (Å²) >= 11 is 0. The number of anilines is 1. The van der Waals surface area contributed by atoms with Crippen molar-refractivity contribution >= 4 is 11.6 Å². The highest BCUT2D eigenvalue weighted by molar-refractivity contribution is 5.94. The summed E-state index contributed by atoms with van der Waals surface area (Å²) in [5.74, 6) is -0.00603. The molecule has 1 amide bonds. The molecule has 1 unspecified atom stereocenters. The van der Waals surface area contributed by atoms with Gasteiger partial charge in [-0.15, -0.1) is 0 Å². The third-order valence-electron chi connectivity index (χ3n) is 4.33. The first-order chi connectivity index (χ1) is 11.3. The molecule has 0 aliphatic carbocycles. The molecule has 0 bridgehead atoms. The normalized spacial score (nSPS) is 17.8. The van der Waals surface area contributed by atoms with E-state index >= 15 is 0 Å². The number of nitrogens with two attached hydrogens (primary N) is 1. The van der Waals surface area contributed by atoms with Crippen LogP contribution in [0.2, 0.25) is 0 Å². The maximum absolute atomic E-state index is 12.4. The zero-order valence-electron chi connectivity index (χ0n) is 13.2. The second kappa shape index (κ2) is 7.29. The monoisotopic (exact) mass is 309 g/mol. The highest BCUT2D eigenvalue weighted by Crippen LogP contribution is 2.19. The summed E-state index contributed by atoms with van der Waals surface area (Å²) in [6.45, 7) is 2.40. The van der Waals surface area contributed by atoms with Gasteiger partial charge in [-0.1, -0.05) is 30.3 Å². The molecule has 1 atom stereocenters. The van der Waals surface area contributed by atoms with Crippen molar-refractivity contribution in [1.29, 1.82) is 0 Å². The molecule has 2 aromatic rings. The lowest BCUT2D eigenvalue weighted by molar-refractivity contribution is 0.0933. The van der Waals surface area contributed by atoms with E-state index in [-0.39, 0.29) is 11.9 Å². The predicted octanol–water partition coefficient (Wildman–Crippen LogP) is 2.54. The van der Waals surface area contributed by atoms with Gasteiger partial charge in [0.1, 0.15) is 0 Å². The Balaban J connectivity index is 1.61. The van der Waals surface area contributed by atoms with Gasteiger partial charge >= 0.3 is 0 Å². The molecule has 0 radical (unpaired) electrons. The van der Waals surface area contributed by atoms with Crippen molar-refractivity contribution in [2.75, 3.05) is 18.0 Å². The van der Waals surface area contributed by atoms with E-state index in [0.29, 0.717) is 12.1 Å². The lowest BCUT2D eigenvalue weighted by Crippen LogP contribution is -2.47. The highest BCUT2D eigenvalue weighted by Gasteiger charge is 2.21. The lowest BCUT2D eigenvalue weighted by Gasteiger charge is -2.34. The Bertz CT molecular complexity index is 639. The summed E-state index contributed by atoms with van der Waals surface area (Å²) in [7, 11) is 0. The second-order valence-electron chi connectivity index (χ2n) is 6.00. The van der Waals surface area contributed by atoms with Crippen LogP contribution in [0.15, 0.2) is 54.6 Å². The quantitative estimate of drug-likeness (QED) is 0.912. The van der Waals surface area contributed by atoms with Crippen LogP contribution < -0.4 is 16.0 Å². The molecule has 2 aromatic carbocycles. The number of rotatable bonds is 4. The minimum absolute atomic E-state index is 0.00603. The largest absolute Gasteiger partial charge is 0.369 e. The van der Waals surface area contributed by atoms with Crippen LogP contribution in [0.3, 0.4) is 0 Å². The van der Waals surface area contributed by atoms with Gasteiger partial charge in [0.25, 0.3) is 5.91 Å². The van der Waals surface area contributed by atoms with Crippen LogP contribution in [0.1, 0.15) is 28.8 Å². The average Bonchev–Trinajstić information content (AvgIpc) is 2.63. The first kappa shape index (κ1) is 15.6. The Morgan fingerprint density at radius 3 is 2.57 bits per heavy atom. The van der Waals surface area contributed by atoms with Crippen molar-refractivity contribution in [1.82, 2.24) is 5.32 Å². The third-order valence-corrected chi connectivity index (χ3v) is 4.33. The number of nitrogens with zero attached hydrogens (tertiary/aromatic N) is 1. The number of carbonyl (C=O) groups is 1. The van der Waals surface area contributed by atoms with Crippen molar-refractivity contribution in [2.45, 2.75) is 25.4 Å². The van der Waals surface area contributed by atoms with E-state index in [1.54, 1.807) is 0 Å². The average molecular weight is 309 g/mol. The molecule has 1 fully saturated rings. The van der Waals surface area contributed by atoms with Crippen molar-refractivity contribution in [2.24, 2.45) is 5.73 Å². The first-order valence-electron chi connectivity index (χ1n) is 8.16. The Morgan fingerprint density at radius 2 is 1.87 bits per heavy atom. The van der Waals surface area contributed by atoms with Crippen molar-refractivity contribution in [3.05, 3.63) is 65.7 Å². The minimum Gasteiger partial charge on any atom is -0.369 e. The van der Waals surface area contributed by atoms with Crippen LogP contribution in [-0.2, 0) is 6.54 Å². The van der Waals surface area contributed by atoms with Crippen molar-refractivity contribution in [3.8, 4) is 0 Å². The van der Waals surface area contributed by atoms with E-state index in [4.69, 9.17) is 5.73 Å². The molecule has 3 N–H and O–H groups in total. The molecule has 0 aromatic heterocycles. The maximum atomic E-state index is 12.4. The number of hydrogen-bond donors (Lipinski definition) is 2. The molecule has 120 valence electrons. The van der Waals surface area contributed by atoms with E-state index in [2.05, 4.69) is 34.5 Å². The molecule has 4 heteroatoms. The Morgan fingerprint density at radius 1 is 1.13 bits per heavy atom. The molecule has 0 saturated carbocycles. The van der Waals surface area contributed by atoms with Gasteiger partial charge in [0.05, 0.1) is 0 Å². The minimum atomic E-state index is -0.00603. The van der Waals surface area contributed by atoms with E-state index < -0.39 is 0 Å². The molecule has 1 aliphatic rings. The fourth-order valence-electron chi connectivity index (χ4n) is 3.03. The number of hydrogen-bond acceptors (Lipinski definition) is 3. The Kier molecular flexibility index (Phi) is 4.93. The van der Waals surface area contributed by atoms with Crippen LogP contribution in [0.4, 0.5) is 5.69 Å². The molecule has 1 aliphatic heterocycles. The molecule has 1 heterocycles. The van der Waals surface area contributed by atoms with Gasteiger partial charge in [-0.2, -0.15) is 0 Å². The van der Waals surface area contributed by atoms with E-state index in [9.17, 15) is 4.79 Å². The van der Waals surface area contributed by atoms with Gasteiger partial charge in [-0.3, -0.25) is 4.79 Å². The molecule has 4 nitrogen and oxygen atoms in total. The smallest absolute Gasteiger partial charge is 0.251 e. The van der Waals surface area contributed by atoms with Gasteiger partial charge in [0.2, 0.25) is 0 Å². The second-order valence-corrected chi connectivity index (χ2v) is 6.00. The number of amides is 1. The van der Waals surface area contributed by atoms with E-state index in [1.165, 1.54) is 5.69 Å². The zero-order valence-corrected chi connectivity index (χ0v) is 13.2. The maximum Gasteiger partial charge on any atom is 0.251 e. The lowest BCUT2D eigenvalue weighted by atomic mass is 10.0. The molecule has 0 spiro atoms. The number of para-hydroxylation sites is 1. The van der Waals surface area contributed by atoms with Gasteiger partial charge in [-0.05, 0) is 42.7 Å². The van der Waals surface area contributed by atoms with Gasteiger partial charge < -0.3 is 16.0 Å². The van der Waals surface area contributed by atoms with Gasteiger partial charge in [-0.25, -0.2) is 0 Å². The molecular formula is C19H23N3O. The predicted molar refractivity (Wildman–Crippen MR) is 93.5 cm³/mol. The summed E-state index contributed by atoms with van der Waals surface area (Å²) in [6.07, 6.45) is 2.11. The van der Waals surface area contributed by atoms with Crippen LogP contribution in [-0.4, -0.2) is 25.0 Å². The van der Waals surface area contributed by atoms with Crippen molar-refractivity contribution in [3.63, 3.8) is 0 Å².